The van der Waals surface area contributed by atoms with Crippen LogP contribution in [0.2, 0.25) is 0 Å². The van der Waals surface area contributed by atoms with Gasteiger partial charge in [0.2, 0.25) is 5.89 Å². The minimum absolute atomic E-state index is 0.243. The first-order valence-corrected chi connectivity index (χ1v) is 9.58. The number of fused-ring (bicyclic) bond motifs is 2. The van der Waals surface area contributed by atoms with Gasteiger partial charge in [-0.05, 0) is 18.2 Å². The summed E-state index contributed by atoms with van der Waals surface area (Å²) in [4.78, 5) is 4.54. The molecule has 0 saturated heterocycles. The fraction of sp³-hybridized carbons (Fsp3) is 0.211. The molecule has 0 atom stereocenters. The predicted molar refractivity (Wildman–Crippen MR) is 107 cm³/mol. The Morgan fingerprint density at radius 3 is 2.59 bits per heavy atom. The highest BCUT2D eigenvalue weighted by Gasteiger charge is 2.17. The highest BCUT2D eigenvalue weighted by atomic mass is 32.1. The molecular weight excluding hydrogens is 396 g/mol. The number of hydrogen-bond acceptors (Lipinski definition) is 10. The standard InChI is InChI=1S/C19H16N4O5S/c1-24-13-8-11-16(9-14(13)25-2)29-19(20-11)21-18-23-22-17(28-18)10-3-4-12-15(7-10)27-6-5-26-12/h3-4,7-9H,5-6H2,1-2H3,(H,20,21,23). The van der Waals surface area contributed by atoms with Crippen LogP contribution in [0.15, 0.2) is 34.7 Å². The molecule has 4 aromatic rings. The monoisotopic (exact) mass is 412 g/mol. The lowest BCUT2D eigenvalue weighted by Gasteiger charge is -2.18. The van der Waals surface area contributed by atoms with Crippen molar-refractivity contribution in [1.82, 2.24) is 15.2 Å². The Labute approximate surface area is 169 Å². The Morgan fingerprint density at radius 2 is 1.76 bits per heavy atom. The molecule has 29 heavy (non-hydrogen) atoms. The molecule has 0 fully saturated rings. The maximum absolute atomic E-state index is 5.74. The zero-order valence-electron chi connectivity index (χ0n) is 15.6. The van der Waals surface area contributed by atoms with Crippen LogP contribution in [0.4, 0.5) is 11.1 Å². The van der Waals surface area contributed by atoms with E-state index in [1.165, 1.54) is 11.3 Å². The second-order valence-electron chi connectivity index (χ2n) is 6.09. The van der Waals surface area contributed by atoms with Crippen molar-refractivity contribution in [1.29, 1.82) is 0 Å². The van der Waals surface area contributed by atoms with E-state index in [0.29, 0.717) is 47.2 Å². The average Bonchev–Trinajstić information content (AvgIpc) is 3.38. The van der Waals surface area contributed by atoms with Crippen LogP contribution >= 0.6 is 11.3 Å². The largest absolute Gasteiger partial charge is 0.493 e. The summed E-state index contributed by atoms with van der Waals surface area (Å²) < 4.78 is 28.5. The quantitative estimate of drug-likeness (QED) is 0.523. The number of aromatic nitrogens is 3. The van der Waals surface area contributed by atoms with Crippen LogP contribution in [0.1, 0.15) is 0 Å². The van der Waals surface area contributed by atoms with Gasteiger partial charge in [-0.2, -0.15) is 0 Å². The van der Waals surface area contributed by atoms with Crippen LogP contribution in [0.5, 0.6) is 23.0 Å². The highest BCUT2D eigenvalue weighted by Crippen LogP contribution is 2.37. The molecule has 9 nitrogen and oxygen atoms in total. The number of ether oxygens (including phenoxy) is 4. The van der Waals surface area contributed by atoms with E-state index in [1.807, 2.05) is 30.3 Å². The molecular formula is C19H16N4O5S. The maximum atomic E-state index is 5.74. The molecule has 10 heteroatoms. The molecule has 2 aromatic carbocycles. The van der Waals surface area contributed by atoms with Gasteiger partial charge in [-0.1, -0.05) is 16.4 Å². The first-order chi connectivity index (χ1) is 14.2. The number of thiazole rings is 1. The summed E-state index contributed by atoms with van der Waals surface area (Å²) in [7, 11) is 3.19. The number of benzene rings is 2. The molecule has 0 aliphatic carbocycles. The summed E-state index contributed by atoms with van der Waals surface area (Å²) in [6.45, 7) is 1.06. The Morgan fingerprint density at radius 1 is 0.966 bits per heavy atom. The third-order valence-corrected chi connectivity index (χ3v) is 5.26. The molecule has 0 saturated carbocycles. The molecule has 2 aromatic heterocycles. The zero-order valence-corrected chi connectivity index (χ0v) is 16.4. The van der Waals surface area contributed by atoms with E-state index in [-0.39, 0.29) is 6.01 Å². The van der Waals surface area contributed by atoms with E-state index in [2.05, 4.69) is 20.5 Å². The van der Waals surface area contributed by atoms with Crippen LogP contribution in [0.3, 0.4) is 0 Å². The van der Waals surface area contributed by atoms with Gasteiger partial charge in [-0.25, -0.2) is 4.98 Å². The van der Waals surface area contributed by atoms with Gasteiger partial charge < -0.3 is 23.4 Å². The minimum atomic E-state index is 0.243. The molecule has 5 rings (SSSR count). The molecule has 0 spiro atoms. The van der Waals surface area contributed by atoms with Gasteiger partial charge in [0.1, 0.15) is 13.2 Å². The summed E-state index contributed by atoms with van der Waals surface area (Å²) in [6.07, 6.45) is 0. The molecule has 0 amide bonds. The lowest BCUT2D eigenvalue weighted by molar-refractivity contribution is 0.171. The van der Waals surface area contributed by atoms with Crippen molar-refractivity contribution < 1.29 is 23.4 Å². The van der Waals surface area contributed by atoms with E-state index in [4.69, 9.17) is 23.4 Å². The second kappa shape index (κ2) is 7.13. The van der Waals surface area contributed by atoms with E-state index < -0.39 is 0 Å². The van der Waals surface area contributed by atoms with Gasteiger partial charge in [-0.15, -0.1) is 5.10 Å². The summed E-state index contributed by atoms with van der Waals surface area (Å²) >= 11 is 1.44. The fourth-order valence-electron chi connectivity index (χ4n) is 2.97. The average molecular weight is 412 g/mol. The first-order valence-electron chi connectivity index (χ1n) is 8.76. The number of nitrogens with zero attached hydrogens (tertiary/aromatic N) is 3. The molecule has 148 valence electrons. The summed E-state index contributed by atoms with van der Waals surface area (Å²) in [5.74, 6) is 3.01. The smallest absolute Gasteiger partial charge is 0.322 e. The summed E-state index contributed by atoms with van der Waals surface area (Å²) in [5.41, 5.74) is 1.52. The third-order valence-electron chi connectivity index (χ3n) is 4.32. The van der Waals surface area contributed by atoms with Crippen molar-refractivity contribution in [2.45, 2.75) is 0 Å². The van der Waals surface area contributed by atoms with Crippen LogP contribution in [-0.2, 0) is 0 Å². The number of hydrogen-bond donors (Lipinski definition) is 1. The van der Waals surface area contributed by atoms with E-state index in [1.54, 1.807) is 14.2 Å². The van der Waals surface area contributed by atoms with Gasteiger partial charge in [0.25, 0.3) is 0 Å². The Bertz CT molecular complexity index is 1150. The number of rotatable bonds is 5. The third kappa shape index (κ3) is 3.27. The van der Waals surface area contributed by atoms with Gasteiger partial charge in [0.15, 0.2) is 28.1 Å². The molecule has 1 N–H and O–H groups in total. The topological polar surface area (TPSA) is 101 Å². The van der Waals surface area contributed by atoms with Gasteiger partial charge in [-0.3, -0.25) is 5.32 Å². The van der Waals surface area contributed by atoms with Crippen molar-refractivity contribution in [2.75, 3.05) is 32.8 Å². The first kappa shape index (κ1) is 17.6. The minimum Gasteiger partial charge on any atom is -0.493 e. The normalized spacial score (nSPS) is 12.8. The van der Waals surface area contributed by atoms with E-state index >= 15 is 0 Å². The molecule has 3 heterocycles. The summed E-state index contributed by atoms with van der Waals surface area (Å²) in [5, 5.41) is 11.8. The Kier molecular flexibility index (Phi) is 4.32. The Hall–Kier alpha value is -3.53. The molecule has 0 bridgehead atoms. The van der Waals surface area contributed by atoms with Gasteiger partial charge in [0, 0.05) is 17.7 Å². The van der Waals surface area contributed by atoms with E-state index in [9.17, 15) is 0 Å². The molecule has 1 aliphatic rings. The van der Waals surface area contributed by atoms with Gasteiger partial charge in [0.05, 0.1) is 24.4 Å². The molecule has 0 radical (unpaired) electrons. The highest BCUT2D eigenvalue weighted by molar-refractivity contribution is 7.22. The van der Waals surface area contributed by atoms with Crippen molar-refractivity contribution in [2.24, 2.45) is 0 Å². The zero-order chi connectivity index (χ0) is 19.8. The summed E-state index contributed by atoms with van der Waals surface area (Å²) in [6, 6.07) is 9.45. The second-order valence-corrected chi connectivity index (χ2v) is 7.12. The molecule has 0 unspecified atom stereocenters. The van der Waals surface area contributed by atoms with Crippen molar-refractivity contribution in [3.05, 3.63) is 30.3 Å². The Balaban J connectivity index is 1.40. The van der Waals surface area contributed by atoms with Crippen LogP contribution in [-0.4, -0.2) is 42.6 Å². The van der Waals surface area contributed by atoms with Gasteiger partial charge >= 0.3 is 6.01 Å². The number of methoxy groups -OCH3 is 2. The lowest BCUT2D eigenvalue weighted by Crippen LogP contribution is -2.15. The van der Waals surface area contributed by atoms with Crippen LogP contribution < -0.4 is 24.3 Å². The van der Waals surface area contributed by atoms with Crippen LogP contribution in [0, 0.1) is 0 Å². The van der Waals surface area contributed by atoms with E-state index in [0.717, 1.165) is 15.8 Å². The van der Waals surface area contributed by atoms with Crippen molar-refractivity contribution >= 4 is 32.7 Å². The fourth-order valence-corrected chi connectivity index (χ4v) is 3.83. The van der Waals surface area contributed by atoms with Crippen LogP contribution in [0.25, 0.3) is 21.7 Å². The lowest BCUT2D eigenvalue weighted by atomic mass is 10.2. The maximum Gasteiger partial charge on any atom is 0.322 e. The van der Waals surface area contributed by atoms with Crippen molar-refractivity contribution in [3.63, 3.8) is 0 Å². The molecule has 1 aliphatic heterocycles. The SMILES string of the molecule is COc1cc2nc(Nc3nnc(-c4ccc5c(c4)OCCO5)o3)sc2cc1OC. The number of nitrogens with one attached hydrogen (secondary N) is 1. The predicted octanol–water partition coefficient (Wildman–Crippen LogP) is 3.88. The number of anilines is 2. The van der Waals surface area contributed by atoms with Crippen molar-refractivity contribution in [3.8, 4) is 34.5 Å².